The first-order valence-electron chi connectivity index (χ1n) is 10.5. The van der Waals surface area contributed by atoms with E-state index in [1.54, 1.807) is 24.3 Å². The minimum absolute atomic E-state index is 0.0284. The Morgan fingerprint density at radius 1 is 1.00 bits per heavy atom. The van der Waals surface area contributed by atoms with Crippen molar-refractivity contribution in [2.75, 3.05) is 7.11 Å². The summed E-state index contributed by atoms with van der Waals surface area (Å²) in [5.41, 5.74) is 0.446. The standard InChI is InChI=1S/C25H26FNO5S/c1-4-18(2)27(25(28)22-10-6-7-11-23(22)26)17-19-9-5-8-12-24(19)32-33(29,30)21-15-13-20(31-3)14-16-21/h5-16,18H,4,17H2,1-3H3/t18-/m0/s1. The maximum Gasteiger partial charge on any atom is 0.339 e. The lowest BCUT2D eigenvalue weighted by Gasteiger charge is -2.29. The fourth-order valence-corrected chi connectivity index (χ4v) is 4.21. The Bertz CT molecular complexity index is 1210. The molecule has 0 saturated carbocycles. The molecule has 0 aliphatic heterocycles. The van der Waals surface area contributed by atoms with Gasteiger partial charge in [0.05, 0.1) is 12.7 Å². The SMILES string of the molecule is CC[C@H](C)N(Cc1ccccc1OS(=O)(=O)c1ccc(OC)cc1)C(=O)c1ccccc1F. The molecule has 174 valence electrons. The van der Waals surface area contributed by atoms with Gasteiger partial charge in [-0.25, -0.2) is 4.39 Å². The molecule has 0 aliphatic carbocycles. The summed E-state index contributed by atoms with van der Waals surface area (Å²) in [5.74, 6) is -0.467. The van der Waals surface area contributed by atoms with E-state index in [1.807, 2.05) is 13.8 Å². The molecule has 3 aromatic carbocycles. The number of nitrogens with zero attached hydrogens (tertiary/aromatic N) is 1. The smallest absolute Gasteiger partial charge is 0.339 e. The van der Waals surface area contributed by atoms with Gasteiger partial charge in [0.2, 0.25) is 0 Å². The van der Waals surface area contributed by atoms with E-state index in [4.69, 9.17) is 8.92 Å². The van der Waals surface area contributed by atoms with E-state index in [0.717, 1.165) is 0 Å². The van der Waals surface area contributed by atoms with Gasteiger partial charge in [0, 0.05) is 18.2 Å². The molecule has 1 amide bonds. The van der Waals surface area contributed by atoms with Crippen LogP contribution in [0.25, 0.3) is 0 Å². The van der Waals surface area contributed by atoms with Crippen LogP contribution in [-0.2, 0) is 16.7 Å². The molecule has 1 atom stereocenters. The number of benzene rings is 3. The fraction of sp³-hybridized carbons (Fsp3) is 0.240. The predicted octanol–water partition coefficient (Wildman–Crippen LogP) is 5.04. The number of para-hydroxylation sites is 1. The predicted molar refractivity (Wildman–Crippen MR) is 123 cm³/mol. The first-order valence-corrected chi connectivity index (χ1v) is 11.9. The first kappa shape index (κ1) is 24.3. The number of rotatable bonds is 9. The van der Waals surface area contributed by atoms with Gasteiger partial charge in [-0.05, 0) is 55.8 Å². The number of hydrogen-bond acceptors (Lipinski definition) is 5. The molecule has 33 heavy (non-hydrogen) atoms. The van der Waals surface area contributed by atoms with Crippen molar-refractivity contribution in [3.8, 4) is 11.5 Å². The highest BCUT2D eigenvalue weighted by molar-refractivity contribution is 7.87. The van der Waals surface area contributed by atoms with Crippen LogP contribution in [0.3, 0.4) is 0 Å². The molecule has 0 spiro atoms. The van der Waals surface area contributed by atoms with Gasteiger partial charge in [-0.2, -0.15) is 8.42 Å². The zero-order chi connectivity index (χ0) is 24.0. The van der Waals surface area contributed by atoms with Crippen LogP contribution in [0.2, 0.25) is 0 Å². The van der Waals surface area contributed by atoms with E-state index in [9.17, 15) is 17.6 Å². The quantitative estimate of drug-likeness (QED) is 0.409. The van der Waals surface area contributed by atoms with Gasteiger partial charge in [0.1, 0.15) is 22.2 Å². The normalized spacial score (nSPS) is 12.1. The Labute approximate surface area is 193 Å². The number of ether oxygens (including phenoxy) is 1. The van der Waals surface area contributed by atoms with Crippen molar-refractivity contribution in [2.24, 2.45) is 0 Å². The van der Waals surface area contributed by atoms with Gasteiger partial charge in [0.15, 0.2) is 0 Å². The molecular weight excluding hydrogens is 445 g/mol. The Morgan fingerprint density at radius 2 is 1.64 bits per heavy atom. The monoisotopic (exact) mass is 471 g/mol. The Kier molecular flexibility index (Phi) is 7.71. The summed E-state index contributed by atoms with van der Waals surface area (Å²) in [6.07, 6.45) is 0.632. The minimum Gasteiger partial charge on any atom is -0.497 e. The molecule has 0 bridgehead atoms. The first-order chi connectivity index (χ1) is 15.8. The van der Waals surface area contributed by atoms with Gasteiger partial charge in [-0.15, -0.1) is 0 Å². The van der Waals surface area contributed by atoms with Crippen molar-refractivity contribution >= 4 is 16.0 Å². The zero-order valence-electron chi connectivity index (χ0n) is 18.7. The highest BCUT2D eigenvalue weighted by Crippen LogP contribution is 2.27. The molecular formula is C25H26FNO5S. The van der Waals surface area contributed by atoms with Crippen molar-refractivity contribution < 1.29 is 26.5 Å². The van der Waals surface area contributed by atoms with Crippen LogP contribution in [0, 0.1) is 5.82 Å². The van der Waals surface area contributed by atoms with Crippen LogP contribution in [0.5, 0.6) is 11.5 Å². The molecule has 3 rings (SSSR count). The molecule has 0 saturated heterocycles. The van der Waals surface area contributed by atoms with E-state index in [-0.39, 0.29) is 28.8 Å². The van der Waals surface area contributed by atoms with E-state index >= 15 is 0 Å². The van der Waals surface area contributed by atoms with Gasteiger partial charge in [-0.1, -0.05) is 37.3 Å². The van der Waals surface area contributed by atoms with Crippen molar-refractivity contribution in [1.82, 2.24) is 4.90 Å². The molecule has 3 aromatic rings. The van der Waals surface area contributed by atoms with Gasteiger partial charge in [0.25, 0.3) is 5.91 Å². The molecule has 0 radical (unpaired) electrons. The Balaban J connectivity index is 1.91. The summed E-state index contributed by atoms with van der Waals surface area (Å²) in [6, 6.07) is 18.0. The topological polar surface area (TPSA) is 72.9 Å². The number of carbonyl (C=O) groups is 1. The van der Waals surface area contributed by atoms with Crippen molar-refractivity contribution in [2.45, 2.75) is 37.8 Å². The van der Waals surface area contributed by atoms with Crippen molar-refractivity contribution in [1.29, 1.82) is 0 Å². The van der Waals surface area contributed by atoms with Crippen LogP contribution in [-0.4, -0.2) is 32.4 Å². The summed E-state index contributed by atoms with van der Waals surface area (Å²) < 4.78 is 50.5. The van der Waals surface area contributed by atoms with Crippen molar-refractivity contribution in [3.05, 3.63) is 89.7 Å². The summed E-state index contributed by atoms with van der Waals surface area (Å²) in [7, 11) is -2.63. The molecule has 0 N–H and O–H groups in total. The average Bonchev–Trinajstić information content (AvgIpc) is 2.82. The highest BCUT2D eigenvalue weighted by atomic mass is 32.2. The lowest BCUT2D eigenvalue weighted by Crippen LogP contribution is -2.38. The maximum atomic E-state index is 14.3. The Hall–Kier alpha value is -3.39. The summed E-state index contributed by atoms with van der Waals surface area (Å²) in [6.45, 7) is 3.83. The third kappa shape index (κ3) is 5.70. The second kappa shape index (κ2) is 10.5. The third-order valence-corrected chi connectivity index (χ3v) is 6.60. The van der Waals surface area contributed by atoms with E-state index < -0.39 is 21.8 Å². The van der Waals surface area contributed by atoms with E-state index in [1.165, 1.54) is 60.5 Å². The second-order valence-electron chi connectivity index (χ2n) is 7.49. The van der Waals surface area contributed by atoms with Crippen molar-refractivity contribution in [3.63, 3.8) is 0 Å². The highest BCUT2D eigenvalue weighted by Gasteiger charge is 2.25. The molecule has 0 unspecified atom stereocenters. The number of amides is 1. The number of hydrogen-bond donors (Lipinski definition) is 0. The lowest BCUT2D eigenvalue weighted by molar-refractivity contribution is 0.0666. The molecule has 0 aliphatic rings. The Morgan fingerprint density at radius 3 is 2.27 bits per heavy atom. The van der Waals surface area contributed by atoms with Crippen LogP contribution < -0.4 is 8.92 Å². The second-order valence-corrected chi connectivity index (χ2v) is 9.04. The number of methoxy groups -OCH3 is 1. The lowest BCUT2D eigenvalue weighted by atomic mass is 10.1. The molecule has 0 fully saturated rings. The summed E-state index contributed by atoms with van der Waals surface area (Å²) in [5, 5.41) is 0. The fourth-order valence-electron chi connectivity index (χ4n) is 3.25. The van der Waals surface area contributed by atoms with Crippen LogP contribution in [0.1, 0.15) is 36.2 Å². The van der Waals surface area contributed by atoms with Crippen LogP contribution in [0.15, 0.2) is 77.7 Å². The van der Waals surface area contributed by atoms with Crippen LogP contribution >= 0.6 is 0 Å². The third-order valence-electron chi connectivity index (χ3n) is 5.35. The summed E-state index contributed by atoms with van der Waals surface area (Å²) in [4.78, 5) is 14.6. The van der Waals surface area contributed by atoms with Gasteiger partial charge >= 0.3 is 10.1 Å². The number of halogens is 1. The summed E-state index contributed by atoms with van der Waals surface area (Å²) >= 11 is 0. The number of carbonyl (C=O) groups excluding carboxylic acids is 1. The zero-order valence-corrected chi connectivity index (χ0v) is 19.5. The average molecular weight is 472 g/mol. The maximum absolute atomic E-state index is 14.3. The van der Waals surface area contributed by atoms with Gasteiger partial charge in [-0.3, -0.25) is 4.79 Å². The molecule has 8 heteroatoms. The van der Waals surface area contributed by atoms with Crippen LogP contribution in [0.4, 0.5) is 4.39 Å². The van der Waals surface area contributed by atoms with Gasteiger partial charge < -0.3 is 13.8 Å². The molecule has 6 nitrogen and oxygen atoms in total. The van der Waals surface area contributed by atoms with E-state index in [0.29, 0.717) is 17.7 Å². The molecule has 0 aromatic heterocycles. The molecule has 0 heterocycles. The minimum atomic E-state index is -4.12. The largest absolute Gasteiger partial charge is 0.497 e. The van der Waals surface area contributed by atoms with E-state index in [2.05, 4.69) is 0 Å².